The normalized spacial score (nSPS) is 13.6. The SMILES string of the molecule is CN(C(=O)c1n[nH]c2c1CCC2)[C@H](CCNC(=O)c1cccn1C)Cc1ccccc1. The van der Waals surface area contributed by atoms with E-state index < -0.39 is 0 Å². The fourth-order valence-corrected chi connectivity index (χ4v) is 4.29. The Morgan fingerprint density at radius 3 is 2.74 bits per heavy atom. The maximum absolute atomic E-state index is 13.3. The Morgan fingerprint density at radius 2 is 2.00 bits per heavy atom. The fourth-order valence-electron chi connectivity index (χ4n) is 4.29. The summed E-state index contributed by atoms with van der Waals surface area (Å²) >= 11 is 0. The van der Waals surface area contributed by atoms with E-state index in [0.717, 1.165) is 42.5 Å². The number of H-pyrrole nitrogens is 1. The number of hydrogen-bond donors (Lipinski definition) is 2. The van der Waals surface area contributed by atoms with E-state index in [1.807, 2.05) is 44.6 Å². The minimum absolute atomic E-state index is 0.0580. The lowest BCUT2D eigenvalue weighted by Crippen LogP contribution is -2.41. The Balaban J connectivity index is 1.46. The number of nitrogens with zero attached hydrogens (tertiary/aromatic N) is 3. The highest BCUT2D eigenvalue weighted by Gasteiger charge is 2.28. The number of likely N-dealkylation sites (N-methyl/N-ethyl adjacent to an activating group) is 1. The van der Waals surface area contributed by atoms with E-state index in [9.17, 15) is 9.59 Å². The molecule has 0 fully saturated rings. The van der Waals surface area contributed by atoms with Crippen LogP contribution >= 0.6 is 0 Å². The van der Waals surface area contributed by atoms with Crippen molar-refractivity contribution < 1.29 is 9.59 Å². The number of hydrogen-bond acceptors (Lipinski definition) is 3. The van der Waals surface area contributed by atoms with Crippen LogP contribution < -0.4 is 5.32 Å². The lowest BCUT2D eigenvalue weighted by Gasteiger charge is -2.28. The third kappa shape index (κ3) is 4.55. The van der Waals surface area contributed by atoms with Crippen molar-refractivity contribution >= 4 is 11.8 Å². The van der Waals surface area contributed by atoms with Gasteiger partial charge in [-0.15, -0.1) is 0 Å². The van der Waals surface area contributed by atoms with Crippen LogP contribution in [0.15, 0.2) is 48.7 Å². The highest BCUT2D eigenvalue weighted by Crippen LogP contribution is 2.24. The van der Waals surface area contributed by atoms with Crippen molar-refractivity contribution in [3.63, 3.8) is 0 Å². The summed E-state index contributed by atoms with van der Waals surface area (Å²) in [5.41, 5.74) is 4.48. The van der Waals surface area contributed by atoms with Gasteiger partial charge in [-0.05, 0) is 49.8 Å². The average molecular weight is 420 g/mol. The second kappa shape index (κ2) is 9.20. The summed E-state index contributed by atoms with van der Waals surface area (Å²) in [7, 11) is 3.69. The van der Waals surface area contributed by atoms with Gasteiger partial charge in [0.05, 0.1) is 0 Å². The smallest absolute Gasteiger partial charge is 0.274 e. The van der Waals surface area contributed by atoms with Gasteiger partial charge in [0, 0.05) is 44.1 Å². The lowest BCUT2D eigenvalue weighted by atomic mass is 10.0. The number of carbonyl (C=O) groups excluding carboxylic acids is 2. The second-order valence-corrected chi connectivity index (χ2v) is 8.19. The highest BCUT2D eigenvalue weighted by atomic mass is 16.2. The standard InChI is InChI=1S/C24H29N5O2/c1-28-15-7-12-21(28)23(30)25-14-13-18(16-17-8-4-3-5-9-17)29(2)24(31)22-19-10-6-11-20(19)26-27-22/h3-5,7-9,12,15,18H,6,10-11,13-14,16H2,1-2H3,(H,25,30)(H,26,27)/t18-/m1/s1. The van der Waals surface area contributed by atoms with E-state index in [1.54, 1.807) is 15.5 Å². The molecule has 31 heavy (non-hydrogen) atoms. The fraction of sp³-hybridized carbons (Fsp3) is 0.375. The van der Waals surface area contributed by atoms with Gasteiger partial charge in [-0.25, -0.2) is 0 Å². The number of nitrogens with one attached hydrogen (secondary N) is 2. The number of aryl methyl sites for hydroxylation is 2. The molecule has 0 saturated carbocycles. The van der Waals surface area contributed by atoms with Gasteiger partial charge in [-0.1, -0.05) is 30.3 Å². The highest BCUT2D eigenvalue weighted by molar-refractivity contribution is 5.94. The lowest BCUT2D eigenvalue weighted by molar-refractivity contribution is 0.0715. The molecule has 0 aliphatic heterocycles. The number of carbonyl (C=O) groups is 2. The van der Waals surface area contributed by atoms with Gasteiger partial charge in [0.1, 0.15) is 5.69 Å². The summed E-state index contributed by atoms with van der Waals surface area (Å²) in [6, 6.07) is 13.7. The van der Waals surface area contributed by atoms with Crippen LogP contribution in [0.5, 0.6) is 0 Å². The maximum Gasteiger partial charge on any atom is 0.274 e. The number of fused-ring (bicyclic) bond motifs is 1. The van der Waals surface area contributed by atoms with E-state index in [-0.39, 0.29) is 17.9 Å². The number of aromatic nitrogens is 3. The maximum atomic E-state index is 13.3. The van der Waals surface area contributed by atoms with E-state index in [4.69, 9.17) is 0 Å². The molecule has 0 radical (unpaired) electrons. The first-order valence-corrected chi connectivity index (χ1v) is 10.8. The van der Waals surface area contributed by atoms with Crippen molar-refractivity contribution in [1.82, 2.24) is 25.0 Å². The van der Waals surface area contributed by atoms with E-state index >= 15 is 0 Å². The van der Waals surface area contributed by atoms with Crippen LogP contribution in [0.2, 0.25) is 0 Å². The first-order valence-electron chi connectivity index (χ1n) is 10.8. The Bertz CT molecular complexity index is 1050. The van der Waals surface area contributed by atoms with Gasteiger partial charge < -0.3 is 14.8 Å². The monoisotopic (exact) mass is 419 g/mol. The van der Waals surface area contributed by atoms with Crippen molar-refractivity contribution in [2.24, 2.45) is 7.05 Å². The summed E-state index contributed by atoms with van der Waals surface area (Å²) in [6.45, 7) is 0.484. The van der Waals surface area contributed by atoms with Crippen LogP contribution in [0.4, 0.5) is 0 Å². The van der Waals surface area contributed by atoms with Crippen LogP contribution in [0.1, 0.15) is 50.6 Å². The number of aromatic amines is 1. The molecule has 2 amide bonds. The summed E-state index contributed by atoms with van der Waals surface area (Å²) in [5.74, 6) is -0.167. The largest absolute Gasteiger partial charge is 0.351 e. The molecule has 0 spiro atoms. The van der Waals surface area contributed by atoms with Crippen LogP contribution in [0.25, 0.3) is 0 Å². The predicted octanol–water partition coefficient (Wildman–Crippen LogP) is 2.74. The van der Waals surface area contributed by atoms with E-state index in [2.05, 4.69) is 27.6 Å². The van der Waals surface area contributed by atoms with Crippen molar-refractivity contribution in [3.8, 4) is 0 Å². The van der Waals surface area contributed by atoms with E-state index in [1.165, 1.54) is 0 Å². The second-order valence-electron chi connectivity index (χ2n) is 8.19. The zero-order chi connectivity index (χ0) is 21.8. The van der Waals surface area contributed by atoms with Crippen molar-refractivity contribution in [2.45, 2.75) is 38.1 Å². The molecular formula is C24H29N5O2. The molecule has 2 heterocycles. The number of rotatable bonds is 8. The van der Waals surface area contributed by atoms with Gasteiger partial charge in [0.15, 0.2) is 5.69 Å². The minimum Gasteiger partial charge on any atom is -0.351 e. The van der Waals surface area contributed by atoms with Gasteiger partial charge in [0.25, 0.3) is 11.8 Å². The molecule has 1 atom stereocenters. The molecule has 1 aliphatic rings. The summed E-state index contributed by atoms with van der Waals surface area (Å²) in [6.07, 6.45) is 6.14. The predicted molar refractivity (Wildman–Crippen MR) is 119 cm³/mol. The molecular weight excluding hydrogens is 390 g/mol. The summed E-state index contributed by atoms with van der Waals surface area (Å²) in [4.78, 5) is 27.5. The van der Waals surface area contributed by atoms with Crippen LogP contribution in [-0.2, 0) is 26.3 Å². The molecule has 0 bridgehead atoms. The van der Waals surface area contributed by atoms with E-state index in [0.29, 0.717) is 24.4 Å². The molecule has 4 rings (SSSR count). The summed E-state index contributed by atoms with van der Waals surface area (Å²) in [5, 5.41) is 10.3. The third-order valence-corrected chi connectivity index (χ3v) is 6.13. The number of benzene rings is 1. The average Bonchev–Trinajstić information content (AvgIpc) is 3.50. The van der Waals surface area contributed by atoms with Crippen LogP contribution in [0.3, 0.4) is 0 Å². The van der Waals surface area contributed by atoms with Gasteiger partial charge in [-0.3, -0.25) is 14.7 Å². The van der Waals surface area contributed by atoms with Gasteiger partial charge in [0.2, 0.25) is 0 Å². The first-order chi connectivity index (χ1) is 15.0. The minimum atomic E-state index is -0.106. The molecule has 3 aromatic rings. The molecule has 0 saturated heterocycles. The molecule has 2 aromatic heterocycles. The zero-order valence-corrected chi connectivity index (χ0v) is 18.1. The van der Waals surface area contributed by atoms with Crippen LogP contribution in [-0.4, -0.2) is 51.1 Å². The van der Waals surface area contributed by atoms with Crippen molar-refractivity contribution in [2.75, 3.05) is 13.6 Å². The van der Waals surface area contributed by atoms with Crippen LogP contribution in [0, 0.1) is 0 Å². The topological polar surface area (TPSA) is 83.0 Å². The molecule has 0 unspecified atom stereocenters. The molecule has 162 valence electrons. The van der Waals surface area contributed by atoms with Crippen molar-refractivity contribution in [1.29, 1.82) is 0 Å². The molecule has 7 heteroatoms. The van der Waals surface area contributed by atoms with Gasteiger partial charge in [-0.2, -0.15) is 5.10 Å². The Labute approximate surface area is 182 Å². The molecule has 2 N–H and O–H groups in total. The third-order valence-electron chi connectivity index (χ3n) is 6.13. The Kier molecular flexibility index (Phi) is 6.21. The first kappa shape index (κ1) is 20.9. The Hall–Kier alpha value is -3.35. The summed E-state index contributed by atoms with van der Waals surface area (Å²) < 4.78 is 1.80. The Morgan fingerprint density at radius 1 is 1.19 bits per heavy atom. The number of amides is 2. The van der Waals surface area contributed by atoms with Gasteiger partial charge >= 0.3 is 0 Å². The molecule has 1 aliphatic carbocycles. The quantitative estimate of drug-likeness (QED) is 0.589. The van der Waals surface area contributed by atoms with Crippen molar-refractivity contribution in [3.05, 3.63) is 76.9 Å². The molecule has 1 aromatic carbocycles. The molecule has 7 nitrogen and oxygen atoms in total. The zero-order valence-electron chi connectivity index (χ0n) is 18.1.